The molecule has 0 saturated carbocycles. The van der Waals surface area contributed by atoms with Crippen molar-refractivity contribution in [2.24, 2.45) is 0 Å². The Morgan fingerprint density at radius 2 is 2.29 bits per heavy atom. The van der Waals surface area contributed by atoms with Crippen LogP contribution in [0.1, 0.15) is 58.1 Å². The zero-order chi connectivity index (χ0) is 15.1. The molecule has 2 rings (SSSR count). The van der Waals surface area contributed by atoms with E-state index in [2.05, 4.69) is 23.3 Å². The molecule has 1 aliphatic rings. The third kappa shape index (κ3) is 5.29. The van der Waals surface area contributed by atoms with Gasteiger partial charge in [0.25, 0.3) is 0 Å². The van der Waals surface area contributed by atoms with Crippen molar-refractivity contribution in [3.05, 3.63) is 24.0 Å². The van der Waals surface area contributed by atoms with Gasteiger partial charge in [-0.3, -0.25) is 4.98 Å². The number of nitrogens with zero attached hydrogens (tertiary/aromatic N) is 1. The van der Waals surface area contributed by atoms with E-state index in [9.17, 15) is 0 Å². The summed E-state index contributed by atoms with van der Waals surface area (Å²) in [6.45, 7) is 8.16. The molecule has 0 aromatic carbocycles. The SMILES string of the molecule is CCCNC(CC1CCCO1)c1cncc(OC(C)C)c1. The molecule has 2 unspecified atom stereocenters. The largest absolute Gasteiger partial charge is 0.489 e. The Morgan fingerprint density at radius 3 is 2.95 bits per heavy atom. The number of nitrogens with one attached hydrogen (secondary N) is 1. The number of rotatable bonds is 8. The van der Waals surface area contributed by atoms with Gasteiger partial charge < -0.3 is 14.8 Å². The fraction of sp³-hybridized carbons (Fsp3) is 0.706. The van der Waals surface area contributed by atoms with Crippen LogP contribution < -0.4 is 10.1 Å². The second-order valence-corrected chi connectivity index (χ2v) is 6.00. The summed E-state index contributed by atoms with van der Waals surface area (Å²) < 4.78 is 11.5. The van der Waals surface area contributed by atoms with Crippen LogP contribution >= 0.6 is 0 Å². The Hall–Kier alpha value is -1.13. The topological polar surface area (TPSA) is 43.4 Å². The van der Waals surface area contributed by atoms with E-state index in [1.54, 1.807) is 6.20 Å². The maximum Gasteiger partial charge on any atom is 0.138 e. The van der Waals surface area contributed by atoms with Crippen molar-refractivity contribution >= 4 is 0 Å². The van der Waals surface area contributed by atoms with Crippen LogP contribution in [0.2, 0.25) is 0 Å². The molecule has 4 nitrogen and oxygen atoms in total. The molecular weight excluding hydrogens is 264 g/mol. The quantitative estimate of drug-likeness (QED) is 0.796. The number of hydrogen-bond acceptors (Lipinski definition) is 4. The maximum absolute atomic E-state index is 5.79. The lowest BCUT2D eigenvalue weighted by atomic mass is 10.0. The Kier molecular flexibility index (Phi) is 6.46. The number of aromatic nitrogens is 1. The fourth-order valence-corrected chi connectivity index (χ4v) is 2.71. The summed E-state index contributed by atoms with van der Waals surface area (Å²) in [5.74, 6) is 0.845. The zero-order valence-corrected chi connectivity index (χ0v) is 13.5. The van der Waals surface area contributed by atoms with Crippen molar-refractivity contribution in [2.75, 3.05) is 13.2 Å². The van der Waals surface area contributed by atoms with Crippen LogP contribution in [0.3, 0.4) is 0 Å². The molecule has 4 heteroatoms. The van der Waals surface area contributed by atoms with Gasteiger partial charge in [0, 0.05) is 18.8 Å². The van der Waals surface area contributed by atoms with E-state index in [1.807, 2.05) is 20.0 Å². The van der Waals surface area contributed by atoms with E-state index in [1.165, 1.54) is 18.4 Å². The highest BCUT2D eigenvalue weighted by Crippen LogP contribution is 2.27. The molecule has 2 heterocycles. The van der Waals surface area contributed by atoms with Gasteiger partial charge in [0.2, 0.25) is 0 Å². The van der Waals surface area contributed by atoms with Gasteiger partial charge in [0.1, 0.15) is 5.75 Å². The molecule has 1 saturated heterocycles. The van der Waals surface area contributed by atoms with E-state index >= 15 is 0 Å². The van der Waals surface area contributed by atoms with Gasteiger partial charge in [-0.15, -0.1) is 0 Å². The molecule has 0 bridgehead atoms. The van der Waals surface area contributed by atoms with Crippen molar-refractivity contribution in [2.45, 2.75) is 64.7 Å². The molecule has 0 radical (unpaired) electrons. The minimum atomic E-state index is 0.169. The third-order valence-corrected chi connectivity index (χ3v) is 3.67. The molecule has 118 valence electrons. The van der Waals surface area contributed by atoms with E-state index in [-0.39, 0.29) is 12.1 Å². The van der Waals surface area contributed by atoms with Gasteiger partial charge in [0.05, 0.1) is 18.4 Å². The van der Waals surface area contributed by atoms with Crippen LogP contribution in [-0.2, 0) is 4.74 Å². The summed E-state index contributed by atoms with van der Waals surface area (Å²) in [6.07, 6.45) is 8.74. The monoisotopic (exact) mass is 292 g/mol. The molecule has 1 fully saturated rings. The van der Waals surface area contributed by atoms with Crippen molar-refractivity contribution in [3.63, 3.8) is 0 Å². The zero-order valence-electron chi connectivity index (χ0n) is 13.5. The van der Waals surface area contributed by atoms with Crippen LogP contribution in [0.25, 0.3) is 0 Å². The highest BCUT2D eigenvalue weighted by Gasteiger charge is 2.22. The van der Waals surface area contributed by atoms with Crippen molar-refractivity contribution in [1.29, 1.82) is 0 Å². The number of pyridine rings is 1. The first kappa shape index (κ1) is 16.2. The number of ether oxygens (including phenoxy) is 2. The first-order chi connectivity index (χ1) is 10.2. The molecule has 0 aliphatic carbocycles. The second kappa shape index (κ2) is 8.35. The first-order valence-electron chi connectivity index (χ1n) is 8.15. The molecule has 21 heavy (non-hydrogen) atoms. The average Bonchev–Trinajstić information content (AvgIpc) is 2.96. The van der Waals surface area contributed by atoms with E-state index in [0.29, 0.717) is 6.10 Å². The molecule has 1 aliphatic heterocycles. The van der Waals surface area contributed by atoms with Gasteiger partial charge >= 0.3 is 0 Å². The predicted octanol–water partition coefficient (Wildman–Crippen LogP) is 3.48. The molecular formula is C17H28N2O2. The molecule has 1 aromatic rings. The lowest BCUT2D eigenvalue weighted by Crippen LogP contribution is -2.26. The lowest BCUT2D eigenvalue weighted by Gasteiger charge is -2.22. The Bertz CT molecular complexity index is 417. The average molecular weight is 292 g/mol. The van der Waals surface area contributed by atoms with E-state index in [4.69, 9.17) is 9.47 Å². The molecule has 0 spiro atoms. The van der Waals surface area contributed by atoms with Gasteiger partial charge in [-0.05, 0) is 57.7 Å². The summed E-state index contributed by atoms with van der Waals surface area (Å²) in [6, 6.07) is 2.39. The molecule has 0 amide bonds. The standard InChI is InChI=1S/C17H28N2O2/c1-4-7-19-17(10-15-6-5-8-20-15)14-9-16(12-18-11-14)21-13(2)3/h9,11-13,15,17,19H,4-8,10H2,1-3H3. The Morgan fingerprint density at radius 1 is 1.43 bits per heavy atom. The predicted molar refractivity (Wildman–Crippen MR) is 84.6 cm³/mol. The molecule has 1 N–H and O–H groups in total. The van der Waals surface area contributed by atoms with Gasteiger partial charge in [-0.2, -0.15) is 0 Å². The summed E-state index contributed by atoms with van der Waals surface area (Å²) in [7, 11) is 0. The Labute approximate surface area is 128 Å². The van der Waals surface area contributed by atoms with Crippen LogP contribution in [0.5, 0.6) is 5.75 Å². The maximum atomic E-state index is 5.79. The molecule has 2 atom stereocenters. The summed E-state index contributed by atoms with van der Waals surface area (Å²) in [5, 5.41) is 3.62. The van der Waals surface area contributed by atoms with E-state index in [0.717, 1.165) is 31.7 Å². The smallest absolute Gasteiger partial charge is 0.138 e. The minimum Gasteiger partial charge on any atom is -0.489 e. The highest BCUT2D eigenvalue weighted by molar-refractivity contribution is 5.26. The van der Waals surface area contributed by atoms with Gasteiger partial charge in [0.15, 0.2) is 0 Å². The second-order valence-electron chi connectivity index (χ2n) is 6.00. The van der Waals surface area contributed by atoms with Crippen LogP contribution in [0.4, 0.5) is 0 Å². The van der Waals surface area contributed by atoms with Gasteiger partial charge in [-0.25, -0.2) is 0 Å². The number of hydrogen-bond donors (Lipinski definition) is 1. The summed E-state index contributed by atoms with van der Waals surface area (Å²) >= 11 is 0. The van der Waals surface area contributed by atoms with Crippen LogP contribution in [0.15, 0.2) is 18.5 Å². The van der Waals surface area contributed by atoms with E-state index < -0.39 is 0 Å². The summed E-state index contributed by atoms with van der Waals surface area (Å²) in [4.78, 5) is 4.34. The third-order valence-electron chi connectivity index (χ3n) is 3.67. The van der Waals surface area contributed by atoms with Crippen molar-refractivity contribution < 1.29 is 9.47 Å². The van der Waals surface area contributed by atoms with Crippen molar-refractivity contribution in [3.8, 4) is 5.75 Å². The highest BCUT2D eigenvalue weighted by atomic mass is 16.5. The normalized spacial score (nSPS) is 19.9. The van der Waals surface area contributed by atoms with Gasteiger partial charge in [-0.1, -0.05) is 6.92 Å². The summed E-state index contributed by atoms with van der Waals surface area (Å²) in [5.41, 5.74) is 1.19. The fourth-order valence-electron chi connectivity index (χ4n) is 2.71. The van der Waals surface area contributed by atoms with Crippen molar-refractivity contribution in [1.82, 2.24) is 10.3 Å². The Balaban J connectivity index is 2.06. The molecule has 1 aromatic heterocycles. The lowest BCUT2D eigenvalue weighted by molar-refractivity contribution is 0.0945. The minimum absolute atomic E-state index is 0.169. The first-order valence-corrected chi connectivity index (χ1v) is 8.15. The van der Waals surface area contributed by atoms with Crippen LogP contribution in [-0.4, -0.2) is 30.3 Å². The van der Waals surface area contributed by atoms with Crippen LogP contribution in [0, 0.1) is 0 Å².